The average molecular weight is 419 g/mol. The number of halogens is 1. The fourth-order valence-electron chi connectivity index (χ4n) is 3.58. The van der Waals surface area contributed by atoms with Crippen molar-refractivity contribution in [2.45, 2.75) is 62.3 Å². The Balaban J connectivity index is 1.55. The molecule has 3 rings (SSSR count). The molecule has 1 fully saturated rings. The molecule has 1 saturated carbocycles. The van der Waals surface area contributed by atoms with E-state index in [1.807, 2.05) is 0 Å². The van der Waals surface area contributed by atoms with Crippen molar-refractivity contribution in [1.82, 2.24) is 5.32 Å². The monoisotopic (exact) mass is 418 g/mol. The summed E-state index contributed by atoms with van der Waals surface area (Å²) in [5.41, 5.74) is 1.21. The van der Waals surface area contributed by atoms with Gasteiger partial charge in [0, 0.05) is 11.7 Å². The van der Waals surface area contributed by atoms with E-state index in [1.54, 1.807) is 24.3 Å². The molecule has 0 saturated heterocycles. The summed E-state index contributed by atoms with van der Waals surface area (Å²) in [5, 5.41) is 3.13. The van der Waals surface area contributed by atoms with Crippen LogP contribution in [0.15, 0.2) is 53.4 Å². The van der Waals surface area contributed by atoms with Crippen LogP contribution < -0.4 is 10.0 Å². The highest BCUT2D eigenvalue weighted by Crippen LogP contribution is 2.19. The molecule has 2 N–H and O–H groups in total. The van der Waals surface area contributed by atoms with Crippen LogP contribution in [0.3, 0.4) is 0 Å². The Bertz CT molecular complexity index is 904. The molecule has 2 aromatic carbocycles. The molecular formula is C22H27FN2O3S. The summed E-state index contributed by atoms with van der Waals surface area (Å²) >= 11 is 0. The van der Waals surface area contributed by atoms with Gasteiger partial charge in [-0.3, -0.25) is 9.52 Å². The molecule has 156 valence electrons. The zero-order valence-corrected chi connectivity index (χ0v) is 17.2. The first-order chi connectivity index (χ1) is 13.9. The Labute approximate surface area is 171 Å². The second-order valence-corrected chi connectivity index (χ2v) is 9.23. The molecular weight excluding hydrogens is 391 g/mol. The van der Waals surface area contributed by atoms with Gasteiger partial charge in [-0.25, -0.2) is 12.8 Å². The molecule has 0 radical (unpaired) electrons. The van der Waals surface area contributed by atoms with Crippen molar-refractivity contribution in [3.05, 3.63) is 59.9 Å². The molecule has 0 bridgehead atoms. The fraction of sp³-hybridized carbons (Fsp3) is 0.409. The summed E-state index contributed by atoms with van der Waals surface area (Å²) < 4.78 is 40.2. The minimum absolute atomic E-state index is 0.00443. The van der Waals surface area contributed by atoms with Crippen LogP contribution in [0.25, 0.3) is 0 Å². The highest BCUT2D eigenvalue weighted by molar-refractivity contribution is 7.92. The van der Waals surface area contributed by atoms with Crippen LogP contribution in [-0.2, 0) is 21.2 Å². The predicted octanol–water partition coefficient (Wildman–Crippen LogP) is 4.40. The first-order valence-electron chi connectivity index (χ1n) is 10.1. The van der Waals surface area contributed by atoms with Crippen LogP contribution >= 0.6 is 0 Å². The van der Waals surface area contributed by atoms with E-state index in [1.165, 1.54) is 31.4 Å². The number of carbonyl (C=O) groups excluding carboxylic acids is 1. The van der Waals surface area contributed by atoms with Gasteiger partial charge in [0.15, 0.2) is 0 Å². The van der Waals surface area contributed by atoms with Gasteiger partial charge in [-0.15, -0.1) is 0 Å². The second-order valence-electron chi connectivity index (χ2n) is 7.54. The lowest BCUT2D eigenvalue weighted by Crippen LogP contribution is -2.36. The van der Waals surface area contributed by atoms with Crippen LogP contribution in [0.2, 0.25) is 0 Å². The SMILES string of the molecule is O=C(Cc1ccc(NS(=O)(=O)c2ccc(F)cc2)cc1)NC1CCCCCCC1. The smallest absolute Gasteiger partial charge is 0.261 e. The number of sulfonamides is 1. The molecule has 5 nitrogen and oxygen atoms in total. The van der Waals surface area contributed by atoms with Crippen LogP contribution in [0.5, 0.6) is 0 Å². The molecule has 7 heteroatoms. The Kier molecular flexibility index (Phi) is 7.25. The van der Waals surface area contributed by atoms with Gasteiger partial charge in [-0.05, 0) is 54.8 Å². The van der Waals surface area contributed by atoms with E-state index in [-0.39, 0.29) is 23.3 Å². The van der Waals surface area contributed by atoms with Gasteiger partial charge in [0.1, 0.15) is 5.82 Å². The van der Waals surface area contributed by atoms with Gasteiger partial charge < -0.3 is 5.32 Å². The molecule has 1 amide bonds. The Morgan fingerprint density at radius 3 is 2.10 bits per heavy atom. The second kappa shape index (κ2) is 9.87. The van der Waals surface area contributed by atoms with E-state index in [2.05, 4.69) is 10.0 Å². The van der Waals surface area contributed by atoms with Crippen molar-refractivity contribution in [1.29, 1.82) is 0 Å². The molecule has 1 aliphatic rings. The van der Waals surface area contributed by atoms with E-state index in [4.69, 9.17) is 0 Å². The Morgan fingerprint density at radius 1 is 0.897 bits per heavy atom. The standard InChI is InChI=1S/C22H27FN2O3S/c23-18-10-14-21(15-11-18)29(27,28)25-20-12-8-17(9-13-20)16-22(26)24-19-6-4-2-1-3-5-7-19/h8-15,19,25H,1-7,16H2,(H,24,26). The van der Waals surface area contributed by atoms with E-state index < -0.39 is 15.8 Å². The molecule has 0 aromatic heterocycles. The van der Waals surface area contributed by atoms with Gasteiger partial charge in [0.25, 0.3) is 10.0 Å². The minimum atomic E-state index is -3.79. The third kappa shape index (κ3) is 6.56. The fourth-order valence-corrected chi connectivity index (χ4v) is 4.64. The molecule has 1 aliphatic carbocycles. The lowest BCUT2D eigenvalue weighted by molar-refractivity contribution is -0.121. The maximum atomic E-state index is 13.0. The largest absolute Gasteiger partial charge is 0.353 e. The summed E-state index contributed by atoms with van der Waals surface area (Å²) in [6.07, 6.45) is 8.43. The number of hydrogen-bond acceptors (Lipinski definition) is 3. The van der Waals surface area contributed by atoms with E-state index >= 15 is 0 Å². The van der Waals surface area contributed by atoms with E-state index in [0.29, 0.717) is 5.69 Å². The molecule has 0 atom stereocenters. The highest BCUT2D eigenvalue weighted by atomic mass is 32.2. The van der Waals surface area contributed by atoms with Crippen molar-refractivity contribution < 1.29 is 17.6 Å². The summed E-state index contributed by atoms with van der Waals surface area (Å²) in [4.78, 5) is 12.3. The maximum Gasteiger partial charge on any atom is 0.261 e. The van der Waals surface area contributed by atoms with Crippen LogP contribution in [0, 0.1) is 5.82 Å². The number of benzene rings is 2. The molecule has 0 aliphatic heterocycles. The third-order valence-corrected chi connectivity index (χ3v) is 6.56. The first-order valence-corrected chi connectivity index (χ1v) is 11.6. The number of carbonyl (C=O) groups is 1. The number of hydrogen-bond donors (Lipinski definition) is 2. The number of rotatable bonds is 6. The van der Waals surface area contributed by atoms with Crippen LogP contribution in [-0.4, -0.2) is 20.4 Å². The topological polar surface area (TPSA) is 75.3 Å². The Hall–Kier alpha value is -2.41. The molecule has 0 unspecified atom stereocenters. The molecule has 0 heterocycles. The third-order valence-electron chi connectivity index (χ3n) is 5.17. The summed E-state index contributed by atoms with van der Waals surface area (Å²) in [7, 11) is -3.79. The summed E-state index contributed by atoms with van der Waals surface area (Å²) in [6, 6.07) is 11.6. The molecule has 29 heavy (non-hydrogen) atoms. The van der Waals surface area contributed by atoms with E-state index in [0.717, 1.165) is 43.4 Å². The van der Waals surface area contributed by atoms with E-state index in [9.17, 15) is 17.6 Å². The van der Waals surface area contributed by atoms with Crippen LogP contribution in [0.4, 0.5) is 10.1 Å². The lowest BCUT2D eigenvalue weighted by Gasteiger charge is -2.21. The number of anilines is 1. The van der Waals surface area contributed by atoms with Crippen molar-refractivity contribution in [2.75, 3.05) is 4.72 Å². The quantitative estimate of drug-likeness (QED) is 0.730. The highest BCUT2D eigenvalue weighted by Gasteiger charge is 2.16. The summed E-state index contributed by atoms with van der Waals surface area (Å²) in [6.45, 7) is 0. The zero-order valence-electron chi connectivity index (χ0n) is 16.4. The van der Waals surface area contributed by atoms with Gasteiger partial charge in [-0.2, -0.15) is 0 Å². The van der Waals surface area contributed by atoms with Gasteiger partial charge in [-0.1, -0.05) is 44.2 Å². The Morgan fingerprint density at radius 2 is 1.48 bits per heavy atom. The van der Waals surface area contributed by atoms with Crippen molar-refractivity contribution in [2.24, 2.45) is 0 Å². The lowest BCUT2D eigenvalue weighted by atomic mass is 9.96. The molecule has 2 aromatic rings. The average Bonchev–Trinajstić information content (AvgIpc) is 2.65. The number of nitrogens with one attached hydrogen (secondary N) is 2. The molecule has 0 spiro atoms. The predicted molar refractivity (Wildman–Crippen MR) is 112 cm³/mol. The normalized spacial score (nSPS) is 15.9. The number of amides is 1. The zero-order chi connectivity index (χ0) is 20.7. The van der Waals surface area contributed by atoms with Gasteiger partial charge >= 0.3 is 0 Å². The maximum absolute atomic E-state index is 13.0. The van der Waals surface area contributed by atoms with Crippen molar-refractivity contribution >= 4 is 21.6 Å². The van der Waals surface area contributed by atoms with Crippen molar-refractivity contribution in [3.63, 3.8) is 0 Å². The van der Waals surface area contributed by atoms with Gasteiger partial charge in [0.2, 0.25) is 5.91 Å². The minimum Gasteiger partial charge on any atom is -0.353 e. The first kappa shape index (κ1) is 21.3. The van der Waals surface area contributed by atoms with Crippen molar-refractivity contribution in [3.8, 4) is 0 Å². The van der Waals surface area contributed by atoms with Gasteiger partial charge in [0.05, 0.1) is 11.3 Å². The summed E-state index contributed by atoms with van der Waals surface area (Å²) in [5.74, 6) is -0.499. The van der Waals surface area contributed by atoms with Crippen LogP contribution in [0.1, 0.15) is 50.5 Å².